The lowest BCUT2D eigenvalue weighted by atomic mass is 10.1. The average Bonchev–Trinajstić information content (AvgIpc) is 3.23. The average molecular weight is 340 g/mol. The van der Waals surface area contributed by atoms with Crippen LogP contribution in [0.1, 0.15) is 11.5 Å². The third-order valence-corrected chi connectivity index (χ3v) is 6.64. The summed E-state index contributed by atoms with van der Waals surface area (Å²) in [5, 5.41) is -0.132. The standard InChI is InChI=1S/C16H15ClFNO2S/c17-11-4-6-13(7-5-11)22(20,21)16-14(9-19)15(16)10-2-1-3-12(18)8-10/h1-8,14-16H,9,19H2/t14-,15-,16+/m0/s1. The van der Waals surface area contributed by atoms with Gasteiger partial charge in [0.1, 0.15) is 5.82 Å². The van der Waals surface area contributed by atoms with Gasteiger partial charge in [0.15, 0.2) is 9.84 Å². The number of nitrogens with two attached hydrogens (primary N) is 1. The molecule has 3 nitrogen and oxygen atoms in total. The molecule has 0 amide bonds. The molecular weight excluding hydrogens is 325 g/mol. The zero-order valence-electron chi connectivity index (χ0n) is 11.6. The minimum atomic E-state index is -3.52. The smallest absolute Gasteiger partial charge is 0.182 e. The van der Waals surface area contributed by atoms with Crippen molar-refractivity contribution in [3.8, 4) is 0 Å². The molecule has 0 spiro atoms. The minimum absolute atomic E-state index is 0.192. The molecule has 6 heteroatoms. The molecule has 0 radical (unpaired) electrons. The van der Waals surface area contributed by atoms with Crippen LogP contribution >= 0.6 is 11.6 Å². The topological polar surface area (TPSA) is 60.2 Å². The van der Waals surface area contributed by atoms with Gasteiger partial charge in [-0.15, -0.1) is 0 Å². The summed E-state index contributed by atoms with van der Waals surface area (Å²) in [6.07, 6.45) is 0. The van der Waals surface area contributed by atoms with Crippen LogP contribution in [-0.2, 0) is 9.84 Å². The summed E-state index contributed by atoms with van der Waals surface area (Å²) in [5.74, 6) is -0.827. The number of hydrogen-bond donors (Lipinski definition) is 1. The Kier molecular flexibility index (Phi) is 3.97. The molecule has 1 aliphatic rings. The Bertz CT molecular complexity index is 792. The molecule has 2 N–H and O–H groups in total. The molecule has 22 heavy (non-hydrogen) atoms. The summed E-state index contributed by atoms with van der Waals surface area (Å²) in [6, 6.07) is 12.1. The normalized spacial score (nSPS) is 24.2. The number of benzene rings is 2. The first kappa shape index (κ1) is 15.5. The van der Waals surface area contributed by atoms with E-state index in [4.69, 9.17) is 17.3 Å². The highest BCUT2D eigenvalue weighted by Gasteiger charge is 2.58. The maximum atomic E-state index is 13.4. The molecule has 0 aromatic heterocycles. The van der Waals surface area contributed by atoms with Gasteiger partial charge in [0.2, 0.25) is 0 Å². The molecule has 1 saturated carbocycles. The van der Waals surface area contributed by atoms with Crippen LogP contribution in [0.5, 0.6) is 0 Å². The molecule has 2 aromatic rings. The third-order valence-electron chi connectivity index (χ3n) is 4.10. The Morgan fingerprint density at radius 2 is 1.82 bits per heavy atom. The van der Waals surface area contributed by atoms with Crippen LogP contribution in [0, 0.1) is 11.7 Å². The van der Waals surface area contributed by atoms with E-state index in [9.17, 15) is 12.8 Å². The van der Waals surface area contributed by atoms with Gasteiger partial charge in [-0.25, -0.2) is 12.8 Å². The van der Waals surface area contributed by atoms with Crippen LogP contribution in [0.25, 0.3) is 0 Å². The van der Waals surface area contributed by atoms with Gasteiger partial charge in [-0.1, -0.05) is 23.7 Å². The molecule has 0 unspecified atom stereocenters. The van der Waals surface area contributed by atoms with Crippen molar-refractivity contribution < 1.29 is 12.8 Å². The van der Waals surface area contributed by atoms with E-state index < -0.39 is 15.1 Å². The summed E-state index contributed by atoms with van der Waals surface area (Å²) < 4.78 is 38.9. The summed E-state index contributed by atoms with van der Waals surface area (Å²) >= 11 is 5.80. The van der Waals surface area contributed by atoms with Gasteiger partial charge in [-0.2, -0.15) is 0 Å². The Morgan fingerprint density at radius 3 is 2.41 bits per heavy atom. The third kappa shape index (κ3) is 2.64. The summed E-state index contributed by atoms with van der Waals surface area (Å²) in [6.45, 7) is 0.249. The zero-order valence-corrected chi connectivity index (χ0v) is 13.2. The first-order chi connectivity index (χ1) is 10.4. The SMILES string of the molecule is NC[C@H]1[C@H](c2cccc(F)c2)[C@@H]1S(=O)(=O)c1ccc(Cl)cc1. The van der Waals surface area contributed by atoms with Crippen molar-refractivity contribution in [1.29, 1.82) is 0 Å². The highest BCUT2D eigenvalue weighted by atomic mass is 35.5. The second-order valence-corrected chi connectivity index (χ2v) is 7.99. The van der Waals surface area contributed by atoms with E-state index in [1.54, 1.807) is 24.3 Å². The van der Waals surface area contributed by atoms with Crippen molar-refractivity contribution in [3.63, 3.8) is 0 Å². The fraction of sp³-hybridized carbons (Fsp3) is 0.250. The van der Waals surface area contributed by atoms with Gasteiger partial charge in [-0.3, -0.25) is 0 Å². The maximum Gasteiger partial charge on any atom is 0.182 e. The molecule has 1 fully saturated rings. The van der Waals surface area contributed by atoms with Crippen molar-refractivity contribution in [2.75, 3.05) is 6.54 Å². The second kappa shape index (κ2) is 5.65. The number of hydrogen-bond acceptors (Lipinski definition) is 3. The second-order valence-electron chi connectivity index (χ2n) is 5.44. The highest BCUT2D eigenvalue weighted by Crippen LogP contribution is 2.53. The van der Waals surface area contributed by atoms with Crippen LogP contribution in [0.2, 0.25) is 5.02 Å². The Hall–Kier alpha value is -1.43. The van der Waals surface area contributed by atoms with Gasteiger partial charge in [0, 0.05) is 10.9 Å². The Balaban J connectivity index is 1.95. The van der Waals surface area contributed by atoms with E-state index in [1.165, 1.54) is 24.3 Å². The predicted octanol–water partition coefficient (Wildman–Crippen LogP) is 2.99. The molecule has 0 saturated heterocycles. The fourth-order valence-electron chi connectivity index (χ4n) is 2.98. The van der Waals surface area contributed by atoms with Crippen molar-refractivity contribution in [3.05, 3.63) is 64.9 Å². The van der Waals surface area contributed by atoms with Gasteiger partial charge in [0.05, 0.1) is 10.1 Å². The molecular formula is C16H15ClFNO2S. The zero-order chi connectivity index (χ0) is 15.9. The molecule has 3 atom stereocenters. The molecule has 0 aliphatic heterocycles. The largest absolute Gasteiger partial charge is 0.330 e. The molecule has 0 heterocycles. The van der Waals surface area contributed by atoms with Crippen LogP contribution in [-0.4, -0.2) is 20.2 Å². The van der Waals surface area contributed by atoms with E-state index in [1.807, 2.05) is 0 Å². The highest BCUT2D eigenvalue weighted by molar-refractivity contribution is 7.92. The minimum Gasteiger partial charge on any atom is -0.330 e. The Labute approximate surface area is 133 Å². The first-order valence-electron chi connectivity index (χ1n) is 6.90. The van der Waals surface area contributed by atoms with Crippen LogP contribution < -0.4 is 5.73 Å². The van der Waals surface area contributed by atoms with E-state index >= 15 is 0 Å². The molecule has 3 rings (SSSR count). The quantitative estimate of drug-likeness (QED) is 0.931. The van der Waals surface area contributed by atoms with Gasteiger partial charge in [0.25, 0.3) is 0 Å². The number of sulfone groups is 1. The van der Waals surface area contributed by atoms with E-state index in [0.29, 0.717) is 10.6 Å². The van der Waals surface area contributed by atoms with E-state index in [-0.39, 0.29) is 29.1 Å². The van der Waals surface area contributed by atoms with Crippen molar-refractivity contribution in [2.45, 2.75) is 16.1 Å². The summed E-state index contributed by atoms with van der Waals surface area (Å²) in [5.41, 5.74) is 6.39. The van der Waals surface area contributed by atoms with Crippen molar-refractivity contribution in [2.24, 2.45) is 11.7 Å². The molecule has 116 valence electrons. The van der Waals surface area contributed by atoms with E-state index in [2.05, 4.69) is 0 Å². The number of halogens is 2. The van der Waals surface area contributed by atoms with Crippen molar-refractivity contribution in [1.82, 2.24) is 0 Å². The summed E-state index contributed by atoms with van der Waals surface area (Å²) in [4.78, 5) is 0.222. The van der Waals surface area contributed by atoms with Crippen LogP contribution in [0.15, 0.2) is 53.4 Å². The van der Waals surface area contributed by atoms with Gasteiger partial charge < -0.3 is 5.73 Å². The maximum absolute atomic E-state index is 13.4. The summed E-state index contributed by atoms with van der Waals surface area (Å²) in [7, 11) is -3.52. The van der Waals surface area contributed by atoms with Crippen molar-refractivity contribution >= 4 is 21.4 Å². The fourth-order valence-corrected chi connectivity index (χ4v) is 5.33. The molecule has 2 aromatic carbocycles. The lowest BCUT2D eigenvalue weighted by Gasteiger charge is -2.04. The van der Waals surface area contributed by atoms with Gasteiger partial charge >= 0.3 is 0 Å². The monoisotopic (exact) mass is 339 g/mol. The Morgan fingerprint density at radius 1 is 1.14 bits per heavy atom. The lowest BCUT2D eigenvalue weighted by molar-refractivity contribution is 0.591. The van der Waals surface area contributed by atoms with Gasteiger partial charge in [-0.05, 0) is 54.4 Å². The van der Waals surface area contributed by atoms with Crippen LogP contribution in [0.3, 0.4) is 0 Å². The first-order valence-corrected chi connectivity index (χ1v) is 8.82. The molecule has 1 aliphatic carbocycles. The lowest BCUT2D eigenvalue weighted by Crippen LogP contribution is -2.13. The predicted molar refractivity (Wildman–Crippen MR) is 84.1 cm³/mol. The molecule has 0 bridgehead atoms. The number of rotatable bonds is 4. The van der Waals surface area contributed by atoms with Crippen LogP contribution in [0.4, 0.5) is 4.39 Å². The van der Waals surface area contributed by atoms with E-state index in [0.717, 1.165) is 0 Å².